The van der Waals surface area contributed by atoms with Gasteiger partial charge >= 0.3 is 0 Å². The molecule has 5 heteroatoms. The number of thiazole rings is 1. The Labute approximate surface area is 132 Å². The van der Waals surface area contributed by atoms with E-state index >= 15 is 0 Å². The molecule has 21 heavy (non-hydrogen) atoms. The van der Waals surface area contributed by atoms with Crippen molar-refractivity contribution in [2.75, 3.05) is 5.73 Å². The molecule has 0 amide bonds. The number of ether oxygens (including phenoxy) is 1. The van der Waals surface area contributed by atoms with Crippen LogP contribution < -0.4 is 10.5 Å². The van der Waals surface area contributed by atoms with Crippen LogP contribution in [0.3, 0.4) is 0 Å². The summed E-state index contributed by atoms with van der Waals surface area (Å²) in [5.74, 6) is 0.763. The lowest BCUT2D eigenvalue weighted by atomic mass is 10.2. The minimum atomic E-state index is 0.474. The maximum absolute atomic E-state index is 5.91. The molecule has 0 aliphatic heterocycles. The van der Waals surface area contributed by atoms with Crippen LogP contribution in [0, 0.1) is 6.92 Å². The number of benzene rings is 2. The highest BCUT2D eigenvalue weighted by Gasteiger charge is 2.14. The summed E-state index contributed by atoms with van der Waals surface area (Å²) in [6.07, 6.45) is 0. The van der Waals surface area contributed by atoms with Gasteiger partial charge in [-0.3, -0.25) is 0 Å². The predicted molar refractivity (Wildman–Crippen MR) is 88.2 cm³/mol. The number of aryl methyl sites for hydroxylation is 1. The van der Waals surface area contributed by atoms with E-state index in [4.69, 9.17) is 22.1 Å². The van der Waals surface area contributed by atoms with Crippen LogP contribution in [0.4, 0.5) is 5.13 Å². The van der Waals surface area contributed by atoms with E-state index in [-0.39, 0.29) is 0 Å². The second-order valence-electron chi connectivity index (χ2n) is 4.61. The SMILES string of the molecule is Cc1ccc(Oc2sc(N)nc2-c2ccc(Cl)cc2)cc1. The third kappa shape index (κ3) is 3.17. The molecule has 2 N–H and O–H groups in total. The Morgan fingerprint density at radius 3 is 2.38 bits per heavy atom. The van der Waals surface area contributed by atoms with Crippen molar-refractivity contribution in [2.45, 2.75) is 6.92 Å². The summed E-state index contributed by atoms with van der Waals surface area (Å²) >= 11 is 7.24. The molecule has 0 atom stereocenters. The van der Waals surface area contributed by atoms with Gasteiger partial charge in [0, 0.05) is 10.6 Å². The Balaban J connectivity index is 1.95. The summed E-state index contributed by atoms with van der Waals surface area (Å²) in [6, 6.07) is 15.3. The third-order valence-electron chi connectivity index (χ3n) is 2.96. The molecule has 0 radical (unpaired) electrons. The van der Waals surface area contributed by atoms with Gasteiger partial charge in [0.15, 0.2) is 5.13 Å². The number of hydrogen-bond acceptors (Lipinski definition) is 4. The average molecular weight is 317 g/mol. The van der Waals surface area contributed by atoms with E-state index < -0.39 is 0 Å². The Morgan fingerprint density at radius 2 is 1.71 bits per heavy atom. The molecule has 106 valence electrons. The van der Waals surface area contributed by atoms with Crippen molar-refractivity contribution in [3.05, 3.63) is 59.1 Å². The fourth-order valence-corrected chi connectivity index (χ4v) is 2.75. The molecule has 3 nitrogen and oxygen atoms in total. The smallest absolute Gasteiger partial charge is 0.210 e. The van der Waals surface area contributed by atoms with Gasteiger partial charge in [-0.25, -0.2) is 4.98 Å². The second-order valence-corrected chi connectivity index (χ2v) is 6.04. The van der Waals surface area contributed by atoms with Crippen molar-refractivity contribution >= 4 is 28.1 Å². The van der Waals surface area contributed by atoms with Crippen molar-refractivity contribution in [3.63, 3.8) is 0 Å². The highest BCUT2D eigenvalue weighted by atomic mass is 35.5. The number of aromatic nitrogens is 1. The van der Waals surface area contributed by atoms with Crippen molar-refractivity contribution in [1.29, 1.82) is 0 Å². The third-order valence-corrected chi connectivity index (χ3v) is 3.98. The number of rotatable bonds is 3. The highest BCUT2D eigenvalue weighted by Crippen LogP contribution is 2.39. The average Bonchev–Trinajstić information content (AvgIpc) is 2.83. The number of nitrogens with zero attached hydrogens (tertiary/aromatic N) is 1. The van der Waals surface area contributed by atoms with E-state index in [1.807, 2.05) is 55.5 Å². The highest BCUT2D eigenvalue weighted by molar-refractivity contribution is 7.17. The zero-order valence-corrected chi connectivity index (χ0v) is 12.9. The first-order chi connectivity index (χ1) is 10.1. The molecule has 0 spiro atoms. The Morgan fingerprint density at radius 1 is 1.05 bits per heavy atom. The van der Waals surface area contributed by atoms with E-state index in [2.05, 4.69) is 4.98 Å². The lowest BCUT2D eigenvalue weighted by molar-refractivity contribution is 0.497. The lowest BCUT2D eigenvalue weighted by Gasteiger charge is -2.06. The van der Waals surface area contributed by atoms with Crippen LogP contribution in [0.1, 0.15) is 5.56 Å². The summed E-state index contributed by atoms with van der Waals surface area (Å²) in [4.78, 5) is 4.35. The summed E-state index contributed by atoms with van der Waals surface area (Å²) < 4.78 is 5.91. The minimum absolute atomic E-state index is 0.474. The molecule has 3 aromatic rings. The van der Waals surface area contributed by atoms with Gasteiger partial charge in [0.25, 0.3) is 0 Å². The molecule has 2 aromatic carbocycles. The molecule has 0 unspecified atom stereocenters. The van der Waals surface area contributed by atoms with Crippen LogP contribution >= 0.6 is 22.9 Å². The Bertz CT molecular complexity index is 751. The number of hydrogen-bond donors (Lipinski definition) is 1. The first-order valence-corrected chi connectivity index (χ1v) is 7.58. The topological polar surface area (TPSA) is 48.1 Å². The molecule has 3 rings (SSSR count). The molecule has 0 saturated heterocycles. The van der Waals surface area contributed by atoms with E-state index in [1.54, 1.807) is 0 Å². The van der Waals surface area contributed by atoms with Crippen LogP contribution in [-0.4, -0.2) is 4.98 Å². The Kier molecular flexibility index (Phi) is 3.82. The van der Waals surface area contributed by atoms with Gasteiger partial charge in [0.2, 0.25) is 5.06 Å². The van der Waals surface area contributed by atoms with Crippen molar-refractivity contribution in [3.8, 4) is 22.1 Å². The summed E-state index contributed by atoms with van der Waals surface area (Å²) in [7, 11) is 0. The standard InChI is InChI=1S/C16H13ClN2OS/c1-10-2-8-13(9-3-10)20-15-14(19-16(18)21-15)11-4-6-12(17)7-5-11/h2-9H,1H3,(H2,18,19). The van der Waals surface area contributed by atoms with Gasteiger partial charge < -0.3 is 10.5 Å². The van der Waals surface area contributed by atoms with E-state index in [0.717, 1.165) is 17.0 Å². The van der Waals surface area contributed by atoms with Gasteiger partial charge in [-0.05, 0) is 31.2 Å². The fraction of sp³-hybridized carbons (Fsp3) is 0.0625. The molecule has 0 fully saturated rings. The largest absolute Gasteiger partial charge is 0.444 e. The first-order valence-electron chi connectivity index (χ1n) is 6.38. The number of nitrogen functional groups attached to an aromatic ring is 1. The molecule has 0 aliphatic carbocycles. The van der Waals surface area contributed by atoms with Crippen molar-refractivity contribution < 1.29 is 4.74 Å². The predicted octanol–water partition coefficient (Wildman–Crippen LogP) is 5.15. The van der Waals surface area contributed by atoms with Gasteiger partial charge in [0.05, 0.1) is 0 Å². The fourth-order valence-electron chi connectivity index (χ4n) is 1.89. The zero-order valence-electron chi connectivity index (χ0n) is 11.3. The van der Waals surface area contributed by atoms with Crippen LogP contribution in [-0.2, 0) is 0 Å². The quantitative estimate of drug-likeness (QED) is 0.727. The van der Waals surface area contributed by atoms with Crippen molar-refractivity contribution in [1.82, 2.24) is 4.98 Å². The van der Waals surface area contributed by atoms with Gasteiger partial charge in [-0.2, -0.15) is 0 Å². The van der Waals surface area contributed by atoms with Gasteiger partial charge in [0.1, 0.15) is 11.4 Å². The van der Waals surface area contributed by atoms with Crippen LogP contribution in [0.15, 0.2) is 48.5 Å². The number of anilines is 1. The van der Waals surface area contributed by atoms with E-state index in [0.29, 0.717) is 15.2 Å². The Hall–Kier alpha value is -2.04. The summed E-state index contributed by atoms with van der Waals surface area (Å²) in [6.45, 7) is 2.04. The zero-order chi connectivity index (χ0) is 14.8. The molecule has 0 saturated carbocycles. The normalized spacial score (nSPS) is 10.6. The minimum Gasteiger partial charge on any atom is -0.444 e. The molecule has 1 aromatic heterocycles. The van der Waals surface area contributed by atoms with Gasteiger partial charge in [-0.15, -0.1) is 0 Å². The first kappa shape index (κ1) is 13.9. The number of halogens is 1. The maximum Gasteiger partial charge on any atom is 0.210 e. The molecular weight excluding hydrogens is 304 g/mol. The van der Waals surface area contributed by atoms with E-state index in [9.17, 15) is 0 Å². The molecular formula is C16H13ClN2OS. The van der Waals surface area contributed by atoms with Crippen LogP contribution in [0.5, 0.6) is 10.8 Å². The lowest BCUT2D eigenvalue weighted by Crippen LogP contribution is -1.86. The second kappa shape index (κ2) is 5.76. The molecule has 0 bridgehead atoms. The molecule has 0 aliphatic rings. The van der Waals surface area contributed by atoms with Crippen LogP contribution in [0.2, 0.25) is 5.02 Å². The molecule has 1 heterocycles. The monoisotopic (exact) mass is 316 g/mol. The van der Waals surface area contributed by atoms with E-state index in [1.165, 1.54) is 16.9 Å². The maximum atomic E-state index is 5.91. The number of nitrogens with two attached hydrogens (primary N) is 1. The van der Waals surface area contributed by atoms with Crippen molar-refractivity contribution in [2.24, 2.45) is 0 Å². The summed E-state index contributed by atoms with van der Waals surface area (Å²) in [5, 5.41) is 1.84. The van der Waals surface area contributed by atoms with Crippen LogP contribution in [0.25, 0.3) is 11.3 Å². The van der Waals surface area contributed by atoms with Gasteiger partial charge in [-0.1, -0.05) is 52.8 Å². The summed E-state index contributed by atoms with van der Waals surface area (Å²) in [5.41, 5.74) is 8.67.